The van der Waals surface area contributed by atoms with Gasteiger partial charge in [0.25, 0.3) is 0 Å². The standard InChI is InChI=1S/C6H5BrF2/c7-4-2-1-3-5(8)6(4)9/h3H,1-2H2. The third-order valence-electron chi connectivity index (χ3n) is 1.14. The zero-order valence-corrected chi connectivity index (χ0v) is 6.21. The number of hydrogen-bond donors (Lipinski definition) is 0. The molecule has 0 saturated carbocycles. The molecule has 0 nitrogen and oxygen atoms in total. The van der Waals surface area contributed by atoms with Crippen LogP contribution in [0.3, 0.4) is 0 Å². The van der Waals surface area contributed by atoms with Crippen LogP contribution in [-0.4, -0.2) is 0 Å². The van der Waals surface area contributed by atoms with Crippen LogP contribution in [0.4, 0.5) is 8.78 Å². The van der Waals surface area contributed by atoms with E-state index in [0.717, 1.165) is 0 Å². The quantitative estimate of drug-likeness (QED) is 0.556. The molecule has 1 aliphatic carbocycles. The highest BCUT2D eigenvalue weighted by Crippen LogP contribution is 2.30. The molecule has 0 aromatic rings. The van der Waals surface area contributed by atoms with Crippen LogP contribution in [0.25, 0.3) is 0 Å². The molecule has 0 aromatic heterocycles. The Morgan fingerprint density at radius 3 is 2.56 bits per heavy atom. The molecule has 50 valence electrons. The lowest BCUT2D eigenvalue weighted by Crippen LogP contribution is -1.87. The molecule has 1 rings (SSSR count). The van der Waals surface area contributed by atoms with E-state index in [4.69, 9.17) is 0 Å². The molecular formula is C6H5BrF2. The smallest absolute Gasteiger partial charge is 0.168 e. The molecule has 1 aliphatic rings. The number of halogens is 3. The summed E-state index contributed by atoms with van der Waals surface area (Å²) in [4.78, 5) is 0. The third kappa shape index (κ3) is 1.39. The molecule has 0 aromatic carbocycles. The minimum absolute atomic E-state index is 0.336. The molecule has 0 N–H and O–H groups in total. The molecular weight excluding hydrogens is 190 g/mol. The summed E-state index contributed by atoms with van der Waals surface area (Å²) in [7, 11) is 0. The van der Waals surface area contributed by atoms with Crippen molar-refractivity contribution in [2.45, 2.75) is 12.8 Å². The van der Waals surface area contributed by atoms with Crippen LogP contribution < -0.4 is 0 Å². The summed E-state index contributed by atoms with van der Waals surface area (Å²) in [5.41, 5.74) is 0. The van der Waals surface area contributed by atoms with Crippen LogP contribution in [0.2, 0.25) is 0 Å². The van der Waals surface area contributed by atoms with E-state index in [-0.39, 0.29) is 0 Å². The normalized spacial score (nSPS) is 20.1. The maximum Gasteiger partial charge on any atom is 0.168 e. The molecule has 0 saturated heterocycles. The molecule has 0 bridgehead atoms. The number of hydrogen-bond acceptors (Lipinski definition) is 0. The van der Waals surface area contributed by atoms with Crippen LogP contribution in [0, 0.1) is 0 Å². The molecule has 0 amide bonds. The van der Waals surface area contributed by atoms with E-state index in [0.29, 0.717) is 17.3 Å². The first-order chi connectivity index (χ1) is 4.22. The molecule has 0 fully saturated rings. The van der Waals surface area contributed by atoms with E-state index >= 15 is 0 Å². The van der Waals surface area contributed by atoms with E-state index in [2.05, 4.69) is 15.9 Å². The van der Waals surface area contributed by atoms with Gasteiger partial charge in [-0.25, -0.2) is 8.78 Å². The monoisotopic (exact) mass is 194 g/mol. The average Bonchev–Trinajstić information content (AvgIpc) is 1.83. The van der Waals surface area contributed by atoms with Crippen LogP contribution in [0.15, 0.2) is 22.2 Å². The average molecular weight is 195 g/mol. The van der Waals surface area contributed by atoms with Gasteiger partial charge < -0.3 is 0 Å². The molecule has 0 unspecified atom stereocenters. The second-order valence-electron chi connectivity index (χ2n) is 1.81. The Balaban J connectivity index is 2.88. The van der Waals surface area contributed by atoms with Gasteiger partial charge >= 0.3 is 0 Å². The zero-order valence-electron chi connectivity index (χ0n) is 4.63. The fourth-order valence-corrected chi connectivity index (χ4v) is 1.07. The highest BCUT2D eigenvalue weighted by molar-refractivity contribution is 9.11. The summed E-state index contributed by atoms with van der Waals surface area (Å²) in [6, 6.07) is 0. The Hall–Kier alpha value is -0.180. The topological polar surface area (TPSA) is 0 Å². The predicted molar refractivity (Wildman–Crippen MR) is 35.5 cm³/mol. The van der Waals surface area contributed by atoms with Gasteiger partial charge in [0.1, 0.15) is 0 Å². The first-order valence-corrected chi connectivity index (χ1v) is 3.41. The van der Waals surface area contributed by atoms with E-state index in [1.54, 1.807) is 0 Å². The Morgan fingerprint density at radius 2 is 2.11 bits per heavy atom. The number of rotatable bonds is 0. The predicted octanol–water partition coefficient (Wildman–Crippen LogP) is 3.21. The van der Waals surface area contributed by atoms with Crippen molar-refractivity contribution in [2.75, 3.05) is 0 Å². The van der Waals surface area contributed by atoms with Gasteiger partial charge in [-0.05, 0) is 18.9 Å². The van der Waals surface area contributed by atoms with E-state index in [9.17, 15) is 8.78 Å². The van der Waals surface area contributed by atoms with Crippen molar-refractivity contribution in [3.05, 3.63) is 22.2 Å². The molecule has 0 heterocycles. The van der Waals surface area contributed by atoms with Gasteiger partial charge in [-0.2, -0.15) is 0 Å². The largest absolute Gasteiger partial charge is 0.204 e. The van der Waals surface area contributed by atoms with Crippen LogP contribution in [-0.2, 0) is 0 Å². The van der Waals surface area contributed by atoms with Crippen LogP contribution in [0.1, 0.15) is 12.8 Å². The summed E-state index contributed by atoms with van der Waals surface area (Å²) in [6.07, 6.45) is 2.40. The summed E-state index contributed by atoms with van der Waals surface area (Å²) >= 11 is 2.92. The highest BCUT2D eigenvalue weighted by atomic mass is 79.9. The zero-order chi connectivity index (χ0) is 6.85. The second kappa shape index (κ2) is 2.60. The first kappa shape index (κ1) is 6.93. The van der Waals surface area contributed by atoms with Gasteiger partial charge in [0.15, 0.2) is 11.7 Å². The van der Waals surface area contributed by atoms with Crippen molar-refractivity contribution in [3.8, 4) is 0 Å². The Kier molecular flexibility index (Phi) is 2.01. The molecule has 0 aliphatic heterocycles. The molecule has 0 spiro atoms. The van der Waals surface area contributed by atoms with Gasteiger partial charge in [-0.15, -0.1) is 0 Å². The minimum Gasteiger partial charge on any atom is -0.204 e. The molecule has 3 heteroatoms. The lowest BCUT2D eigenvalue weighted by Gasteiger charge is -2.04. The van der Waals surface area contributed by atoms with Crippen molar-refractivity contribution < 1.29 is 8.78 Å². The van der Waals surface area contributed by atoms with Crippen molar-refractivity contribution in [1.82, 2.24) is 0 Å². The Bertz CT molecular complexity index is 181. The van der Waals surface area contributed by atoms with Gasteiger partial charge in [-0.1, -0.05) is 15.9 Å². The van der Waals surface area contributed by atoms with Gasteiger partial charge in [-0.3, -0.25) is 0 Å². The molecule has 0 atom stereocenters. The SMILES string of the molecule is FC1=CCCC(Br)=C1F. The fourth-order valence-electron chi connectivity index (χ4n) is 0.655. The summed E-state index contributed by atoms with van der Waals surface area (Å²) in [5, 5.41) is 0. The van der Waals surface area contributed by atoms with Crippen molar-refractivity contribution in [3.63, 3.8) is 0 Å². The van der Waals surface area contributed by atoms with Gasteiger partial charge in [0.2, 0.25) is 0 Å². The Morgan fingerprint density at radius 1 is 1.44 bits per heavy atom. The number of allylic oxidation sites excluding steroid dienone is 4. The van der Waals surface area contributed by atoms with Gasteiger partial charge in [0.05, 0.1) is 0 Å². The minimum atomic E-state index is -0.749. The highest BCUT2D eigenvalue weighted by Gasteiger charge is 2.12. The second-order valence-corrected chi connectivity index (χ2v) is 2.77. The first-order valence-electron chi connectivity index (χ1n) is 2.62. The van der Waals surface area contributed by atoms with Crippen molar-refractivity contribution >= 4 is 15.9 Å². The third-order valence-corrected chi connectivity index (χ3v) is 1.88. The van der Waals surface area contributed by atoms with E-state index in [1.807, 2.05) is 0 Å². The summed E-state index contributed by atoms with van der Waals surface area (Å²) < 4.78 is 24.9. The molecule has 9 heavy (non-hydrogen) atoms. The van der Waals surface area contributed by atoms with Crippen LogP contribution >= 0.6 is 15.9 Å². The maximum absolute atomic E-state index is 12.4. The van der Waals surface area contributed by atoms with E-state index in [1.165, 1.54) is 6.08 Å². The molecule has 0 radical (unpaired) electrons. The van der Waals surface area contributed by atoms with Crippen molar-refractivity contribution in [2.24, 2.45) is 0 Å². The van der Waals surface area contributed by atoms with E-state index < -0.39 is 11.7 Å². The van der Waals surface area contributed by atoms with Gasteiger partial charge in [0, 0.05) is 4.48 Å². The lowest BCUT2D eigenvalue weighted by atomic mass is 10.2. The Labute approximate surface area is 60.4 Å². The summed E-state index contributed by atoms with van der Waals surface area (Å²) in [6.45, 7) is 0. The summed E-state index contributed by atoms with van der Waals surface area (Å²) in [5.74, 6) is -1.49. The maximum atomic E-state index is 12.4. The van der Waals surface area contributed by atoms with Crippen LogP contribution in [0.5, 0.6) is 0 Å². The van der Waals surface area contributed by atoms with Crippen molar-refractivity contribution in [1.29, 1.82) is 0 Å². The fraction of sp³-hybridized carbons (Fsp3) is 0.333. The lowest BCUT2D eigenvalue weighted by molar-refractivity contribution is 0.528.